The first kappa shape index (κ1) is 35.3. The molecule has 0 bridgehead atoms. The molecule has 13 rings (SSSR count). The van der Waals surface area contributed by atoms with Crippen molar-refractivity contribution in [3.63, 3.8) is 0 Å². The molecule has 2 nitrogen and oxygen atoms in total. The van der Waals surface area contributed by atoms with E-state index in [1.54, 1.807) is 0 Å². The maximum absolute atomic E-state index is 7.05. The minimum Gasteiger partial charge on any atom is -0.455 e. The molecular weight excluding hydrogens is 771 g/mol. The van der Waals surface area contributed by atoms with Gasteiger partial charge in [-0.15, -0.1) is 11.3 Å². The molecule has 292 valence electrons. The summed E-state index contributed by atoms with van der Waals surface area (Å²) in [5, 5.41) is 9.74. The van der Waals surface area contributed by atoms with Crippen LogP contribution in [0.15, 0.2) is 205 Å². The van der Waals surface area contributed by atoms with Crippen LogP contribution >= 0.6 is 11.3 Å². The minimum absolute atomic E-state index is 0.151. The van der Waals surface area contributed by atoms with Crippen LogP contribution in [-0.4, -0.2) is 0 Å². The van der Waals surface area contributed by atoms with E-state index in [-0.39, 0.29) is 5.41 Å². The molecule has 0 saturated carbocycles. The second-order valence-electron chi connectivity index (χ2n) is 17.2. The molecule has 1 aliphatic carbocycles. The van der Waals surface area contributed by atoms with Crippen LogP contribution in [0.25, 0.3) is 97.0 Å². The summed E-state index contributed by atoms with van der Waals surface area (Å²) in [6.45, 7) is 4.72. The zero-order valence-electron chi connectivity index (χ0n) is 34.3. The first-order valence-electron chi connectivity index (χ1n) is 21.4. The van der Waals surface area contributed by atoms with Crippen LogP contribution in [0, 0.1) is 0 Å². The Morgan fingerprint density at radius 3 is 1.98 bits per heavy atom. The van der Waals surface area contributed by atoms with Crippen molar-refractivity contribution in [2.45, 2.75) is 19.3 Å². The van der Waals surface area contributed by atoms with Gasteiger partial charge in [0.2, 0.25) is 0 Å². The highest BCUT2D eigenvalue weighted by Gasteiger charge is 2.38. The molecule has 0 saturated heterocycles. The van der Waals surface area contributed by atoms with E-state index in [0.29, 0.717) is 0 Å². The van der Waals surface area contributed by atoms with Crippen LogP contribution in [0.3, 0.4) is 0 Å². The van der Waals surface area contributed by atoms with E-state index in [1.807, 2.05) is 11.3 Å². The standard InChI is InChI=1S/C59H39NOS/c1-59(2)49-21-10-7-19-46(49)56-50(59)22-13-23-51(56)60(39-29-26-36(27-30-39)37-28-31-44-43-18-9-12-25-54(43)62-55(44)35-37)52-33-32-45(58-57(52)47-20-8-11-24-53(47)61-58)48-34-38-14-3-4-15-40(38)41-16-5-6-17-42(41)48/h3-35H,1-2H3. The summed E-state index contributed by atoms with van der Waals surface area (Å²) in [7, 11) is 0. The molecule has 10 aromatic carbocycles. The number of furan rings is 1. The number of anilines is 3. The van der Waals surface area contributed by atoms with Gasteiger partial charge in [0.1, 0.15) is 11.2 Å². The van der Waals surface area contributed by atoms with Crippen molar-refractivity contribution in [2.75, 3.05) is 4.90 Å². The normalized spacial score (nSPS) is 13.1. The van der Waals surface area contributed by atoms with Crippen molar-refractivity contribution in [3.05, 3.63) is 211 Å². The maximum Gasteiger partial charge on any atom is 0.145 e. The van der Waals surface area contributed by atoms with E-state index < -0.39 is 0 Å². The van der Waals surface area contributed by atoms with Gasteiger partial charge < -0.3 is 9.32 Å². The van der Waals surface area contributed by atoms with E-state index in [2.05, 4.69) is 219 Å². The molecule has 0 atom stereocenters. The molecule has 0 N–H and O–H groups in total. The average molecular weight is 810 g/mol. The van der Waals surface area contributed by atoms with Gasteiger partial charge in [-0.1, -0.05) is 159 Å². The van der Waals surface area contributed by atoms with Crippen molar-refractivity contribution >= 4 is 92.1 Å². The summed E-state index contributed by atoms with van der Waals surface area (Å²) in [6, 6.07) is 73.6. The van der Waals surface area contributed by atoms with Crippen LogP contribution in [-0.2, 0) is 5.41 Å². The number of fused-ring (bicyclic) bond motifs is 12. The highest BCUT2D eigenvalue weighted by atomic mass is 32.1. The maximum atomic E-state index is 7.05. The molecule has 0 spiro atoms. The number of thiophene rings is 1. The quantitative estimate of drug-likeness (QED) is 0.161. The summed E-state index contributed by atoms with van der Waals surface area (Å²) in [5.41, 5.74) is 14.8. The van der Waals surface area contributed by atoms with Crippen molar-refractivity contribution in [3.8, 4) is 33.4 Å². The van der Waals surface area contributed by atoms with E-state index >= 15 is 0 Å². The molecular formula is C59H39NOS. The number of nitrogens with zero attached hydrogens (tertiary/aromatic N) is 1. The van der Waals surface area contributed by atoms with Gasteiger partial charge in [-0.2, -0.15) is 0 Å². The lowest BCUT2D eigenvalue weighted by atomic mass is 9.82. The van der Waals surface area contributed by atoms with Crippen molar-refractivity contribution < 1.29 is 4.42 Å². The van der Waals surface area contributed by atoms with Gasteiger partial charge in [-0.05, 0) is 110 Å². The van der Waals surface area contributed by atoms with E-state index in [4.69, 9.17) is 4.42 Å². The number of rotatable bonds is 5. The third-order valence-corrected chi connectivity index (χ3v) is 14.6. The molecule has 2 heterocycles. The lowest BCUT2D eigenvalue weighted by Gasteiger charge is -2.30. The Labute approximate surface area is 363 Å². The molecule has 3 heteroatoms. The SMILES string of the molecule is CC1(C)c2ccccc2-c2c(N(c3ccc(-c4ccc5c(c4)sc4ccccc45)cc3)c3ccc(-c4cc5ccccc5c5ccccc45)c4oc5ccccc5c34)cccc21. The zero-order valence-corrected chi connectivity index (χ0v) is 35.1. The van der Waals surface area contributed by atoms with Crippen molar-refractivity contribution in [1.82, 2.24) is 0 Å². The molecule has 0 aliphatic heterocycles. The Kier molecular flexibility index (Phi) is 7.56. The topological polar surface area (TPSA) is 16.4 Å². The highest BCUT2D eigenvalue weighted by molar-refractivity contribution is 7.25. The summed E-state index contributed by atoms with van der Waals surface area (Å²) < 4.78 is 9.68. The number of hydrogen-bond acceptors (Lipinski definition) is 3. The minimum atomic E-state index is -0.151. The van der Waals surface area contributed by atoms with Crippen LogP contribution < -0.4 is 4.90 Å². The van der Waals surface area contributed by atoms with Gasteiger partial charge >= 0.3 is 0 Å². The third-order valence-electron chi connectivity index (χ3n) is 13.5. The Morgan fingerprint density at radius 2 is 1.11 bits per heavy atom. The predicted octanol–water partition coefficient (Wildman–Crippen LogP) is 17.4. The molecule has 0 amide bonds. The Bertz CT molecular complexity index is 3790. The Morgan fingerprint density at radius 1 is 0.435 bits per heavy atom. The fourth-order valence-corrected chi connectivity index (χ4v) is 11.7. The summed E-state index contributed by atoms with van der Waals surface area (Å²) in [4.78, 5) is 2.49. The molecule has 62 heavy (non-hydrogen) atoms. The van der Waals surface area contributed by atoms with Crippen LogP contribution in [0.5, 0.6) is 0 Å². The number of para-hydroxylation sites is 1. The Hall–Kier alpha value is -7.46. The van der Waals surface area contributed by atoms with Gasteiger partial charge in [0.05, 0.1) is 16.8 Å². The fourth-order valence-electron chi connectivity index (χ4n) is 10.5. The zero-order chi connectivity index (χ0) is 41.1. The third kappa shape index (κ3) is 5.09. The van der Waals surface area contributed by atoms with Gasteiger partial charge in [-0.25, -0.2) is 0 Å². The summed E-state index contributed by atoms with van der Waals surface area (Å²) >= 11 is 1.86. The molecule has 2 aromatic heterocycles. The van der Waals surface area contributed by atoms with Gasteiger partial charge in [0.15, 0.2) is 0 Å². The van der Waals surface area contributed by atoms with E-state index in [9.17, 15) is 0 Å². The monoisotopic (exact) mass is 809 g/mol. The average Bonchev–Trinajstić information content (AvgIpc) is 3.97. The van der Waals surface area contributed by atoms with Crippen LogP contribution in [0.4, 0.5) is 17.1 Å². The summed E-state index contributed by atoms with van der Waals surface area (Å²) in [5.74, 6) is 0. The predicted molar refractivity (Wildman–Crippen MR) is 265 cm³/mol. The second kappa shape index (κ2) is 13.3. The number of benzene rings is 10. The molecule has 1 aliphatic rings. The molecule has 0 radical (unpaired) electrons. The van der Waals surface area contributed by atoms with Gasteiger partial charge in [0, 0.05) is 47.8 Å². The highest BCUT2D eigenvalue weighted by Crippen LogP contribution is 2.56. The van der Waals surface area contributed by atoms with Gasteiger partial charge in [-0.3, -0.25) is 0 Å². The van der Waals surface area contributed by atoms with Gasteiger partial charge in [0.25, 0.3) is 0 Å². The smallest absolute Gasteiger partial charge is 0.145 e. The van der Waals surface area contributed by atoms with E-state index in [0.717, 1.165) is 50.1 Å². The van der Waals surface area contributed by atoms with Crippen LogP contribution in [0.2, 0.25) is 0 Å². The van der Waals surface area contributed by atoms with E-state index in [1.165, 1.54) is 75.1 Å². The fraction of sp³-hybridized carbons (Fsp3) is 0.0508. The molecule has 0 fully saturated rings. The first-order chi connectivity index (χ1) is 30.5. The lowest BCUT2D eigenvalue weighted by molar-refractivity contribution is 0.660. The van der Waals surface area contributed by atoms with Crippen LogP contribution in [0.1, 0.15) is 25.0 Å². The van der Waals surface area contributed by atoms with Crippen molar-refractivity contribution in [2.24, 2.45) is 0 Å². The van der Waals surface area contributed by atoms with Crippen molar-refractivity contribution in [1.29, 1.82) is 0 Å². The largest absolute Gasteiger partial charge is 0.455 e. The molecule has 0 unspecified atom stereocenters. The first-order valence-corrected chi connectivity index (χ1v) is 22.2. The molecule has 12 aromatic rings. The lowest BCUT2D eigenvalue weighted by Crippen LogP contribution is -2.16. The second-order valence-corrected chi connectivity index (χ2v) is 18.3. The Balaban J connectivity index is 1.06. The number of hydrogen-bond donors (Lipinski definition) is 0. The summed E-state index contributed by atoms with van der Waals surface area (Å²) in [6.07, 6.45) is 0.